The van der Waals surface area contributed by atoms with Gasteiger partial charge in [-0.25, -0.2) is 4.98 Å². The molecule has 1 aromatic carbocycles. The SMILES string of the molecule is Cc1cc(C(=O)Nc2ccc3c(c2)nc(C(C)(C)C)n3C)on1. The van der Waals surface area contributed by atoms with E-state index in [0.717, 1.165) is 16.9 Å². The molecule has 0 saturated carbocycles. The maximum Gasteiger partial charge on any atom is 0.294 e. The van der Waals surface area contributed by atoms with E-state index in [0.29, 0.717) is 11.4 Å². The van der Waals surface area contributed by atoms with Gasteiger partial charge in [-0.15, -0.1) is 0 Å². The fourth-order valence-corrected chi connectivity index (χ4v) is 2.61. The minimum atomic E-state index is -0.322. The first-order valence-electron chi connectivity index (χ1n) is 7.47. The molecule has 6 heteroatoms. The van der Waals surface area contributed by atoms with Crippen molar-refractivity contribution in [3.05, 3.63) is 41.5 Å². The van der Waals surface area contributed by atoms with Crippen LogP contribution in [0.4, 0.5) is 5.69 Å². The van der Waals surface area contributed by atoms with Crippen LogP contribution in [0.15, 0.2) is 28.8 Å². The van der Waals surface area contributed by atoms with Crippen molar-refractivity contribution < 1.29 is 9.32 Å². The Morgan fingerprint density at radius 1 is 1.26 bits per heavy atom. The number of aryl methyl sites for hydroxylation is 2. The third-order valence-corrected chi connectivity index (χ3v) is 3.66. The van der Waals surface area contributed by atoms with E-state index < -0.39 is 0 Å². The molecule has 1 N–H and O–H groups in total. The van der Waals surface area contributed by atoms with Gasteiger partial charge >= 0.3 is 0 Å². The number of hydrogen-bond acceptors (Lipinski definition) is 4. The van der Waals surface area contributed by atoms with Crippen LogP contribution in [0.5, 0.6) is 0 Å². The molecule has 0 aliphatic rings. The summed E-state index contributed by atoms with van der Waals surface area (Å²) in [6.45, 7) is 8.16. The number of imidazole rings is 1. The molecule has 6 nitrogen and oxygen atoms in total. The van der Waals surface area contributed by atoms with Gasteiger partial charge in [0.2, 0.25) is 5.76 Å². The Morgan fingerprint density at radius 2 is 2.00 bits per heavy atom. The van der Waals surface area contributed by atoms with Crippen LogP contribution in [0.25, 0.3) is 11.0 Å². The first kappa shape index (κ1) is 15.3. The summed E-state index contributed by atoms with van der Waals surface area (Å²) in [5.74, 6) is 0.873. The lowest BCUT2D eigenvalue weighted by molar-refractivity contribution is 0.0988. The Morgan fingerprint density at radius 3 is 2.61 bits per heavy atom. The van der Waals surface area contributed by atoms with Crippen LogP contribution < -0.4 is 5.32 Å². The summed E-state index contributed by atoms with van der Waals surface area (Å²) in [6.07, 6.45) is 0. The van der Waals surface area contributed by atoms with E-state index in [2.05, 4.69) is 35.8 Å². The number of nitrogens with one attached hydrogen (secondary N) is 1. The summed E-state index contributed by atoms with van der Waals surface area (Å²) in [5, 5.41) is 6.53. The molecule has 0 aliphatic heterocycles. The monoisotopic (exact) mass is 312 g/mol. The van der Waals surface area contributed by atoms with Crippen LogP contribution in [0.1, 0.15) is 42.8 Å². The lowest BCUT2D eigenvalue weighted by atomic mass is 9.96. The highest BCUT2D eigenvalue weighted by molar-refractivity contribution is 6.03. The van der Waals surface area contributed by atoms with Crippen molar-refractivity contribution in [1.29, 1.82) is 0 Å². The van der Waals surface area contributed by atoms with Crippen molar-refractivity contribution in [3.63, 3.8) is 0 Å². The number of carbonyl (C=O) groups excluding carboxylic acids is 1. The molecule has 1 amide bonds. The Labute approximate surface area is 134 Å². The Balaban J connectivity index is 1.93. The van der Waals surface area contributed by atoms with Crippen molar-refractivity contribution in [2.24, 2.45) is 7.05 Å². The lowest BCUT2D eigenvalue weighted by Gasteiger charge is -2.17. The van der Waals surface area contributed by atoms with Crippen molar-refractivity contribution in [3.8, 4) is 0 Å². The molecule has 0 unspecified atom stereocenters. The average Bonchev–Trinajstić information content (AvgIpc) is 3.03. The number of carbonyl (C=O) groups is 1. The average molecular weight is 312 g/mol. The number of fused-ring (bicyclic) bond motifs is 1. The van der Waals surface area contributed by atoms with Gasteiger partial charge in [0.1, 0.15) is 5.82 Å². The molecule has 120 valence electrons. The molecule has 2 aromatic heterocycles. The van der Waals surface area contributed by atoms with Crippen LogP contribution in [0.3, 0.4) is 0 Å². The Kier molecular flexibility index (Phi) is 3.47. The molecule has 3 aromatic rings. The summed E-state index contributed by atoms with van der Waals surface area (Å²) in [7, 11) is 2.01. The van der Waals surface area contributed by atoms with Crippen LogP contribution in [-0.4, -0.2) is 20.6 Å². The molecule has 0 aliphatic carbocycles. The molecular formula is C17H20N4O2. The van der Waals surface area contributed by atoms with E-state index in [9.17, 15) is 4.79 Å². The zero-order chi connectivity index (χ0) is 16.8. The van der Waals surface area contributed by atoms with Gasteiger partial charge < -0.3 is 14.4 Å². The predicted octanol–water partition coefficient (Wildman–Crippen LogP) is 3.42. The van der Waals surface area contributed by atoms with E-state index in [-0.39, 0.29) is 17.1 Å². The number of nitrogens with zero attached hydrogens (tertiary/aromatic N) is 3. The van der Waals surface area contributed by atoms with Gasteiger partial charge in [0.05, 0.1) is 16.7 Å². The maximum atomic E-state index is 12.1. The summed E-state index contributed by atoms with van der Waals surface area (Å²) < 4.78 is 7.06. The fourth-order valence-electron chi connectivity index (χ4n) is 2.61. The molecule has 23 heavy (non-hydrogen) atoms. The number of aromatic nitrogens is 3. The van der Waals surface area contributed by atoms with Gasteiger partial charge in [0, 0.05) is 24.2 Å². The Bertz CT molecular complexity index is 884. The second-order valence-electron chi connectivity index (χ2n) is 6.73. The molecule has 0 radical (unpaired) electrons. The van der Waals surface area contributed by atoms with E-state index in [1.54, 1.807) is 13.0 Å². The lowest BCUT2D eigenvalue weighted by Crippen LogP contribution is -2.17. The van der Waals surface area contributed by atoms with Crippen LogP contribution in [0, 0.1) is 6.92 Å². The molecule has 3 rings (SSSR count). The first-order chi connectivity index (χ1) is 10.8. The van der Waals surface area contributed by atoms with E-state index >= 15 is 0 Å². The largest absolute Gasteiger partial charge is 0.351 e. The molecule has 0 fully saturated rings. The summed E-state index contributed by atoms with van der Waals surface area (Å²) >= 11 is 0. The van der Waals surface area contributed by atoms with Crippen molar-refractivity contribution >= 4 is 22.6 Å². The highest BCUT2D eigenvalue weighted by Crippen LogP contribution is 2.27. The van der Waals surface area contributed by atoms with Crippen molar-refractivity contribution in [2.75, 3.05) is 5.32 Å². The zero-order valence-corrected chi connectivity index (χ0v) is 14.0. The van der Waals surface area contributed by atoms with Gasteiger partial charge in [-0.05, 0) is 25.1 Å². The second kappa shape index (κ2) is 5.22. The fraction of sp³-hybridized carbons (Fsp3) is 0.353. The normalized spacial score (nSPS) is 11.9. The van der Waals surface area contributed by atoms with Gasteiger partial charge in [-0.2, -0.15) is 0 Å². The van der Waals surface area contributed by atoms with Crippen LogP contribution >= 0.6 is 0 Å². The number of benzene rings is 1. The minimum Gasteiger partial charge on any atom is -0.351 e. The third-order valence-electron chi connectivity index (χ3n) is 3.66. The smallest absolute Gasteiger partial charge is 0.294 e. The summed E-state index contributed by atoms with van der Waals surface area (Å²) in [4.78, 5) is 16.8. The number of rotatable bonds is 2. The van der Waals surface area contributed by atoms with Gasteiger partial charge in [-0.3, -0.25) is 4.79 Å². The summed E-state index contributed by atoms with van der Waals surface area (Å²) in [5.41, 5.74) is 3.18. The zero-order valence-electron chi connectivity index (χ0n) is 14.0. The van der Waals surface area contributed by atoms with Crippen molar-refractivity contribution in [1.82, 2.24) is 14.7 Å². The van der Waals surface area contributed by atoms with E-state index in [1.807, 2.05) is 25.2 Å². The number of hydrogen-bond donors (Lipinski definition) is 1. The van der Waals surface area contributed by atoms with E-state index in [4.69, 9.17) is 9.51 Å². The molecule has 0 saturated heterocycles. The predicted molar refractivity (Wildman–Crippen MR) is 88.6 cm³/mol. The number of anilines is 1. The van der Waals surface area contributed by atoms with Crippen LogP contribution in [-0.2, 0) is 12.5 Å². The standard InChI is InChI=1S/C17H20N4O2/c1-10-8-14(23-20-10)15(22)18-11-6-7-13-12(9-11)19-16(21(13)5)17(2,3)4/h6-9H,1-5H3,(H,18,22). The van der Waals surface area contributed by atoms with E-state index in [1.165, 1.54) is 0 Å². The quantitative estimate of drug-likeness (QED) is 0.787. The second-order valence-corrected chi connectivity index (χ2v) is 6.73. The van der Waals surface area contributed by atoms with Crippen molar-refractivity contribution in [2.45, 2.75) is 33.1 Å². The van der Waals surface area contributed by atoms with Gasteiger partial charge in [0.25, 0.3) is 5.91 Å². The maximum absolute atomic E-state index is 12.1. The highest BCUT2D eigenvalue weighted by atomic mass is 16.5. The highest BCUT2D eigenvalue weighted by Gasteiger charge is 2.21. The molecule has 0 bridgehead atoms. The topological polar surface area (TPSA) is 73.0 Å². The first-order valence-corrected chi connectivity index (χ1v) is 7.47. The number of amides is 1. The molecular weight excluding hydrogens is 292 g/mol. The Hall–Kier alpha value is -2.63. The molecule has 2 heterocycles. The third kappa shape index (κ3) is 2.84. The molecule has 0 spiro atoms. The van der Waals surface area contributed by atoms with Gasteiger partial charge in [-0.1, -0.05) is 25.9 Å². The summed E-state index contributed by atoms with van der Waals surface area (Å²) in [6, 6.07) is 7.29. The molecule has 0 atom stereocenters. The van der Waals surface area contributed by atoms with Crippen LogP contribution in [0.2, 0.25) is 0 Å². The van der Waals surface area contributed by atoms with Gasteiger partial charge in [0.15, 0.2) is 0 Å². The minimum absolute atomic E-state index is 0.0471.